The number of aromatic nitrogens is 1. The van der Waals surface area contributed by atoms with Crippen LogP contribution < -0.4 is 5.32 Å². The smallest absolute Gasteiger partial charge is 0.407 e. The molecule has 9 nitrogen and oxygen atoms in total. The number of benzene rings is 1. The summed E-state index contributed by atoms with van der Waals surface area (Å²) in [7, 11) is 0. The molecule has 1 aliphatic heterocycles. The summed E-state index contributed by atoms with van der Waals surface area (Å²) >= 11 is 0. The summed E-state index contributed by atoms with van der Waals surface area (Å²) in [4.78, 5) is 29.1. The van der Waals surface area contributed by atoms with Crippen molar-refractivity contribution >= 4 is 11.8 Å². The van der Waals surface area contributed by atoms with E-state index in [1.54, 1.807) is 18.3 Å². The van der Waals surface area contributed by atoms with Crippen molar-refractivity contribution < 1.29 is 18.9 Å². The Labute approximate surface area is 181 Å². The second kappa shape index (κ2) is 9.91. The molecule has 1 aliphatic rings. The number of rotatable bonds is 7. The number of non-ortho nitro benzene ring substituents is 1. The average Bonchev–Trinajstić information content (AvgIpc) is 3.19. The minimum atomic E-state index is -0.498. The van der Waals surface area contributed by atoms with E-state index in [0.29, 0.717) is 36.1 Å². The molecule has 1 aromatic carbocycles. The van der Waals surface area contributed by atoms with Gasteiger partial charge in [0.05, 0.1) is 11.1 Å². The van der Waals surface area contributed by atoms with Gasteiger partial charge in [0.25, 0.3) is 5.69 Å². The van der Waals surface area contributed by atoms with Crippen LogP contribution in [-0.4, -0.2) is 52.7 Å². The lowest BCUT2D eigenvalue weighted by Crippen LogP contribution is -2.42. The summed E-state index contributed by atoms with van der Waals surface area (Å²) in [5.74, 6) is 1.51. The second-order valence-corrected chi connectivity index (χ2v) is 8.87. The first kappa shape index (κ1) is 22.7. The maximum absolute atomic E-state index is 11.9. The Morgan fingerprint density at radius 3 is 2.97 bits per heavy atom. The van der Waals surface area contributed by atoms with Gasteiger partial charge in [-0.3, -0.25) is 10.1 Å². The summed E-state index contributed by atoms with van der Waals surface area (Å²) < 4.78 is 11.1. The summed E-state index contributed by atoms with van der Waals surface area (Å²) in [5, 5.41) is 13.8. The summed E-state index contributed by atoms with van der Waals surface area (Å²) in [5.41, 5.74) is 0.163. The van der Waals surface area contributed by atoms with Gasteiger partial charge >= 0.3 is 6.09 Å². The highest BCUT2D eigenvalue weighted by Gasteiger charge is 2.22. The van der Waals surface area contributed by atoms with Crippen molar-refractivity contribution in [1.82, 2.24) is 15.2 Å². The van der Waals surface area contributed by atoms with Crippen LogP contribution in [0.5, 0.6) is 0 Å². The van der Waals surface area contributed by atoms with Crippen LogP contribution in [0.2, 0.25) is 0 Å². The molecule has 31 heavy (non-hydrogen) atoms. The van der Waals surface area contributed by atoms with Crippen LogP contribution in [0.15, 0.2) is 34.9 Å². The maximum Gasteiger partial charge on any atom is 0.407 e. The molecule has 2 heterocycles. The molecule has 0 radical (unpaired) electrons. The van der Waals surface area contributed by atoms with Gasteiger partial charge in [0, 0.05) is 43.8 Å². The zero-order valence-corrected chi connectivity index (χ0v) is 18.3. The fraction of sp³-hybridized carbons (Fsp3) is 0.545. The number of nitrogens with zero attached hydrogens (tertiary/aromatic N) is 3. The van der Waals surface area contributed by atoms with Gasteiger partial charge in [-0.2, -0.15) is 0 Å². The molecule has 0 aliphatic carbocycles. The minimum Gasteiger partial charge on any atom is -0.444 e. The molecule has 0 bridgehead atoms. The molecule has 1 N–H and O–H groups in total. The fourth-order valence-electron chi connectivity index (χ4n) is 3.65. The molecule has 168 valence electrons. The molecule has 3 rings (SSSR count). The average molecular weight is 431 g/mol. The predicted molar refractivity (Wildman–Crippen MR) is 116 cm³/mol. The van der Waals surface area contributed by atoms with Crippen LogP contribution in [0.25, 0.3) is 11.3 Å². The maximum atomic E-state index is 11.9. The first-order chi connectivity index (χ1) is 14.7. The number of ether oxygens (including phenoxy) is 1. The van der Waals surface area contributed by atoms with Gasteiger partial charge in [-0.1, -0.05) is 12.1 Å². The van der Waals surface area contributed by atoms with Crippen LogP contribution in [0.4, 0.5) is 10.5 Å². The topological polar surface area (TPSA) is 111 Å². The Kier molecular flexibility index (Phi) is 7.27. The van der Waals surface area contributed by atoms with Crippen LogP contribution in [0, 0.1) is 16.0 Å². The first-order valence-electron chi connectivity index (χ1n) is 10.6. The number of hydrogen-bond donors (Lipinski definition) is 1. The number of piperidine rings is 1. The fourth-order valence-corrected chi connectivity index (χ4v) is 3.65. The van der Waals surface area contributed by atoms with Crippen molar-refractivity contribution in [3.05, 3.63) is 46.5 Å². The Hall–Kier alpha value is -2.94. The standard InChI is InChI=1S/C22H30N4O5/c1-22(2,3)31-21(27)24-13-16-6-5-10-25(15-16)11-9-20-23-14-19(30-20)17-7-4-8-18(12-17)26(28)29/h4,7-8,12,14,16H,5-6,9-11,13,15H2,1-3H3,(H,24,27). The molecule has 1 aromatic heterocycles. The van der Waals surface area contributed by atoms with E-state index in [4.69, 9.17) is 9.15 Å². The Morgan fingerprint density at radius 2 is 2.23 bits per heavy atom. The third kappa shape index (κ3) is 7.06. The molecule has 1 fully saturated rings. The molecule has 1 amide bonds. The molecule has 9 heteroatoms. The first-order valence-corrected chi connectivity index (χ1v) is 10.6. The highest BCUT2D eigenvalue weighted by atomic mass is 16.6. The number of hydrogen-bond acceptors (Lipinski definition) is 7. The lowest BCUT2D eigenvalue weighted by Gasteiger charge is -2.32. The Morgan fingerprint density at radius 1 is 1.42 bits per heavy atom. The second-order valence-electron chi connectivity index (χ2n) is 8.87. The van der Waals surface area contributed by atoms with Crippen LogP contribution in [-0.2, 0) is 11.2 Å². The highest BCUT2D eigenvalue weighted by molar-refractivity contribution is 5.67. The number of carbonyl (C=O) groups is 1. The molecular formula is C22H30N4O5. The summed E-state index contributed by atoms with van der Waals surface area (Å²) in [6.07, 6.45) is 4.03. The Bertz CT molecular complexity index is 905. The van der Waals surface area contributed by atoms with E-state index < -0.39 is 10.5 Å². The molecule has 1 atom stereocenters. The zero-order valence-electron chi connectivity index (χ0n) is 18.3. The van der Waals surface area contributed by atoms with Gasteiger partial charge in [0.15, 0.2) is 11.7 Å². The van der Waals surface area contributed by atoms with Gasteiger partial charge in [0.2, 0.25) is 0 Å². The van der Waals surface area contributed by atoms with E-state index in [2.05, 4.69) is 15.2 Å². The third-order valence-corrected chi connectivity index (χ3v) is 5.07. The van der Waals surface area contributed by atoms with E-state index in [1.165, 1.54) is 12.1 Å². The van der Waals surface area contributed by atoms with Gasteiger partial charge < -0.3 is 19.4 Å². The number of alkyl carbamates (subject to hydrolysis) is 1. The highest BCUT2D eigenvalue weighted by Crippen LogP contribution is 2.25. The molecular weight excluding hydrogens is 400 g/mol. The molecule has 0 saturated carbocycles. The van der Waals surface area contributed by atoms with Crippen molar-refractivity contribution in [1.29, 1.82) is 0 Å². The third-order valence-electron chi connectivity index (χ3n) is 5.07. The number of carbonyl (C=O) groups excluding carboxylic acids is 1. The van der Waals surface area contributed by atoms with Gasteiger partial charge in [-0.15, -0.1) is 0 Å². The van der Waals surface area contributed by atoms with Crippen molar-refractivity contribution in [2.24, 2.45) is 5.92 Å². The molecule has 2 aromatic rings. The van der Waals surface area contributed by atoms with Gasteiger partial charge in [-0.25, -0.2) is 9.78 Å². The molecule has 1 saturated heterocycles. The Balaban J connectivity index is 1.47. The zero-order chi connectivity index (χ0) is 22.4. The monoisotopic (exact) mass is 430 g/mol. The van der Waals surface area contributed by atoms with Crippen molar-refractivity contribution in [2.45, 2.75) is 45.6 Å². The van der Waals surface area contributed by atoms with E-state index in [0.717, 1.165) is 32.5 Å². The molecule has 1 unspecified atom stereocenters. The lowest BCUT2D eigenvalue weighted by atomic mass is 9.98. The van der Waals surface area contributed by atoms with Crippen LogP contribution in [0.3, 0.4) is 0 Å². The van der Waals surface area contributed by atoms with Gasteiger partial charge in [0.1, 0.15) is 5.60 Å². The number of nitro benzene ring substituents is 1. The quantitative estimate of drug-likeness (QED) is 0.521. The minimum absolute atomic E-state index is 0.0230. The van der Waals surface area contributed by atoms with E-state index in [1.807, 2.05) is 20.8 Å². The number of nitro groups is 1. The van der Waals surface area contributed by atoms with Crippen LogP contribution >= 0.6 is 0 Å². The van der Waals surface area contributed by atoms with Gasteiger partial charge in [-0.05, 0) is 46.1 Å². The lowest BCUT2D eigenvalue weighted by molar-refractivity contribution is -0.384. The SMILES string of the molecule is CC(C)(C)OC(=O)NCC1CCCN(CCc2ncc(-c3cccc([N+](=O)[O-])c3)o2)C1. The van der Waals surface area contributed by atoms with Crippen molar-refractivity contribution in [3.63, 3.8) is 0 Å². The molecule has 0 spiro atoms. The number of nitrogens with one attached hydrogen (secondary N) is 1. The van der Waals surface area contributed by atoms with E-state index >= 15 is 0 Å². The largest absolute Gasteiger partial charge is 0.444 e. The van der Waals surface area contributed by atoms with E-state index in [-0.39, 0.29) is 11.8 Å². The number of amides is 1. The number of oxazole rings is 1. The van der Waals surface area contributed by atoms with Crippen molar-refractivity contribution in [2.75, 3.05) is 26.2 Å². The predicted octanol–water partition coefficient (Wildman–Crippen LogP) is 4.03. The van der Waals surface area contributed by atoms with Crippen LogP contribution in [0.1, 0.15) is 39.5 Å². The summed E-state index contributed by atoms with van der Waals surface area (Å²) in [6.45, 7) is 8.85. The van der Waals surface area contributed by atoms with E-state index in [9.17, 15) is 14.9 Å². The van der Waals surface area contributed by atoms with Crippen molar-refractivity contribution in [3.8, 4) is 11.3 Å². The normalized spacial score (nSPS) is 17.3. The summed E-state index contributed by atoms with van der Waals surface area (Å²) in [6, 6.07) is 6.33. The number of likely N-dealkylation sites (tertiary alicyclic amines) is 1.